The molecule has 3 N–H and O–H groups in total. The summed E-state index contributed by atoms with van der Waals surface area (Å²) >= 11 is 1.20. The number of amides is 2. The number of nitrogens with one attached hydrogen (secondary N) is 1. The van der Waals surface area contributed by atoms with E-state index in [9.17, 15) is 19.6 Å². The van der Waals surface area contributed by atoms with E-state index in [0.717, 1.165) is 6.07 Å². The molecule has 0 aliphatic carbocycles. The molecular formula is C19H11N5O3S. The summed E-state index contributed by atoms with van der Waals surface area (Å²) in [5, 5.41) is 11.9. The summed E-state index contributed by atoms with van der Waals surface area (Å²) in [6, 6.07) is 13.4. The quantitative estimate of drug-likeness (QED) is 0.652. The summed E-state index contributed by atoms with van der Waals surface area (Å²) in [7, 11) is 0. The van der Waals surface area contributed by atoms with Gasteiger partial charge in [-0.05, 0) is 24.3 Å². The van der Waals surface area contributed by atoms with Gasteiger partial charge in [-0.2, -0.15) is 5.26 Å². The smallest absolute Gasteiger partial charge is 0.262 e. The molecule has 2 aromatic heterocycles. The van der Waals surface area contributed by atoms with Crippen LogP contribution in [0.15, 0.2) is 63.4 Å². The molecule has 28 heavy (non-hydrogen) atoms. The Morgan fingerprint density at radius 1 is 1.11 bits per heavy atom. The average Bonchev–Trinajstić information content (AvgIpc) is 2.97. The molecule has 2 amide bonds. The van der Waals surface area contributed by atoms with Crippen LogP contribution in [0.5, 0.6) is 0 Å². The van der Waals surface area contributed by atoms with Gasteiger partial charge in [0.25, 0.3) is 17.4 Å². The van der Waals surface area contributed by atoms with Gasteiger partial charge in [-0.15, -0.1) is 0 Å². The number of carbonyl (C=O) groups excluding carboxylic acids is 2. The lowest BCUT2D eigenvalue weighted by atomic mass is 10.1. The summed E-state index contributed by atoms with van der Waals surface area (Å²) in [5.41, 5.74) is 6.31. The molecule has 3 heterocycles. The van der Waals surface area contributed by atoms with Crippen LogP contribution in [0.25, 0.3) is 5.69 Å². The highest BCUT2D eigenvalue weighted by Gasteiger charge is 2.32. The van der Waals surface area contributed by atoms with Crippen molar-refractivity contribution >= 4 is 29.4 Å². The monoisotopic (exact) mass is 389 g/mol. The van der Waals surface area contributed by atoms with Crippen molar-refractivity contribution in [2.75, 3.05) is 5.73 Å². The molecular weight excluding hydrogens is 378 g/mol. The summed E-state index contributed by atoms with van der Waals surface area (Å²) in [6.07, 6.45) is 1.57. The topological polar surface area (TPSA) is 131 Å². The minimum Gasteiger partial charge on any atom is -0.384 e. The average molecular weight is 389 g/mol. The van der Waals surface area contributed by atoms with Crippen molar-refractivity contribution in [2.24, 2.45) is 0 Å². The zero-order chi connectivity index (χ0) is 19.8. The minimum absolute atomic E-state index is 0.0278. The number of nitrogens with zero attached hydrogens (tertiary/aromatic N) is 3. The largest absolute Gasteiger partial charge is 0.384 e. The molecule has 1 aliphatic heterocycles. The zero-order valence-corrected chi connectivity index (χ0v) is 15.0. The molecule has 4 rings (SSSR count). The third-order valence-corrected chi connectivity index (χ3v) is 5.24. The molecule has 1 aliphatic rings. The number of nitrogens with two attached hydrogens (primary N) is 1. The summed E-state index contributed by atoms with van der Waals surface area (Å²) in [4.78, 5) is 41.4. The second kappa shape index (κ2) is 6.68. The standard InChI is InChI=1S/C19H11N5O3S/c20-9-10-4-3-7-22-19(10)28-13-6-2-1-5-12(13)24-14(25)8-11-15(16(24)21)18(27)23-17(11)26/h1-8H,21H2,(H,23,26,27). The predicted octanol–water partition coefficient (Wildman–Crippen LogP) is 1.72. The van der Waals surface area contributed by atoms with Crippen LogP contribution in [-0.4, -0.2) is 21.4 Å². The highest BCUT2D eigenvalue weighted by Crippen LogP contribution is 2.34. The number of nitrogen functional groups attached to an aromatic ring is 1. The van der Waals surface area contributed by atoms with Crippen LogP contribution < -0.4 is 16.6 Å². The number of rotatable bonds is 3. The first-order valence-electron chi connectivity index (χ1n) is 8.05. The Kier molecular flexibility index (Phi) is 4.18. The van der Waals surface area contributed by atoms with E-state index in [4.69, 9.17) is 5.73 Å². The van der Waals surface area contributed by atoms with Crippen LogP contribution in [0.1, 0.15) is 26.3 Å². The number of pyridine rings is 2. The Balaban J connectivity index is 1.90. The molecule has 0 atom stereocenters. The first kappa shape index (κ1) is 17.5. The molecule has 0 bridgehead atoms. The van der Waals surface area contributed by atoms with Gasteiger partial charge in [0.15, 0.2) is 0 Å². The third-order valence-electron chi connectivity index (χ3n) is 4.16. The van der Waals surface area contributed by atoms with Crippen molar-refractivity contribution in [3.8, 4) is 11.8 Å². The van der Waals surface area contributed by atoms with Gasteiger partial charge < -0.3 is 5.73 Å². The van der Waals surface area contributed by atoms with Crippen molar-refractivity contribution in [2.45, 2.75) is 9.92 Å². The fourth-order valence-corrected chi connectivity index (χ4v) is 3.87. The summed E-state index contributed by atoms with van der Waals surface area (Å²) in [6.45, 7) is 0. The lowest BCUT2D eigenvalue weighted by Gasteiger charge is -2.15. The predicted molar refractivity (Wildman–Crippen MR) is 101 cm³/mol. The number of aromatic nitrogens is 2. The van der Waals surface area contributed by atoms with E-state index in [1.54, 1.807) is 42.6 Å². The van der Waals surface area contributed by atoms with Gasteiger partial charge in [0.05, 0.1) is 22.4 Å². The van der Waals surface area contributed by atoms with E-state index in [1.165, 1.54) is 16.3 Å². The number of para-hydroxylation sites is 1. The molecule has 0 unspecified atom stereocenters. The molecule has 8 nitrogen and oxygen atoms in total. The van der Waals surface area contributed by atoms with Gasteiger partial charge in [0.2, 0.25) is 0 Å². The van der Waals surface area contributed by atoms with Gasteiger partial charge in [-0.3, -0.25) is 24.3 Å². The summed E-state index contributed by atoms with van der Waals surface area (Å²) < 4.78 is 1.17. The van der Waals surface area contributed by atoms with E-state index in [0.29, 0.717) is 21.2 Å². The van der Waals surface area contributed by atoms with E-state index in [2.05, 4.69) is 16.4 Å². The second-order valence-electron chi connectivity index (χ2n) is 5.81. The number of benzene rings is 1. The normalized spacial score (nSPS) is 12.4. The number of imide groups is 1. The maximum absolute atomic E-state index is 12.7. The fraction of sp³-hybridized carbons (Fsp3) is 0. The maximum atomic E-state index is 12.7. The van der Waals surface area contributed by atoms with Crippen molar-refractivity contribution < 1.29 is 9.59 Å². The fourth-order valence-electron chi connectivity index (χ4n) is 2.92. The van der Waals surface area contributed by atoms with E-state index in [-0.39, 0.29) is 16.9 Å². The molecule has 0 saturated heterocycles. The van der Waals surface area contributed by atoms with Gasteiger partial charge in [0.1, 0.15) is 16.9 Å². The second-order valence-corrected chi connectivity index (χ2v) is 6.84. The van der Waals surface area contributed by atoms with Crippen molar-refractivity contribution in [1.29, 1.82) is 5.26 Å². The molecule has 9 heteroatoms. The number of carbonyl (C=O) groups is 2. The van der Waals surface area contributed by atoms with Gasteiger partial charge in [-0.25, -0.2) is 4.98 Å². The van der Waals surface area contributed by atoms with Crippen molar-refractivity contribution in [1.82, 2.24) is 14.9 Å². The van der Waals surface area contributed by atoms with E-state index >= 15 is 0 Å². The molecule has 3 aromatic rings. The molecule has 0 fully saturated rings. The van der Waals surface area contributed by atoms with Crippen LogP contribution in [0.4, 0.5) is 5.82 Å². The Morgan fingerprint density at radius 2 is 1.89 bits per heavy atom. The Bertz CT molecular complexity index is 1260. The molecule has 0 spiro atoms. The van der Waals surface area contributed by atoms with Crippen LogP contribution in [0.3, 0.4) is 0 Å². The Morgan fingerprint density at radius 3 is 2.68 bits per heavy atom. The van der Waals surface area contributed by atoms with Crippen molar-refractivity contribution in [3.05, 3.63) is 75.7 Å². The minimum atomic E-state index is -0.647. The zero-order valence-electron chi connectivity index (χ0n) is 14.2. The lowest BCUT2D eigenvalue weighted by Crippen LogP contribution is -2.24. The first-order valence-corrected chi connectivity index (χ1v) is 8.86. The number of fused-ring (bicyclic) bond motifs is 1. The number of hydrogen-bond donors (Lipinski definition) is 2. The van der Waals surface area contributed by atoms with Crippen LogP contribution in [-0.2, 0) is 0 Å². The highest BCUT2D eigenvalue weighted by atomic mass is 32.2. The van der Waals surface area contributed by atoms with Crippen LogP contribution in [0.2, 0.25) is 0 Å². The van der Waals surface area contributed by atoms with Gasteiger partial charge in [0, 0.05) is 17.2 Å². The first-order chi connectivity index (χ1) is 13.5. The van der Waals surface area contributed by atoms with Crippen LogP contribution in [0, 0.1) is 11.3 Å². The Labute approximate surface area is 162 Å². The summed E-state index contributed by atoms with van der Waals surface area (Å²) in [5.74, 6) is -1.42. The lowest BCUT2D eigenvalue weighted by molar-refractivity contribution is 0.0880. The molecule has 1 aromatic carbocycles. The highest BCUT2D eigenvalue weighted by molar-refractivity contribution is 7.99. The molecule has 0 radical (unpaired) electrons. The number of nitriles is 1. The molecule has 136 valence electrons. The number of hydrogen-bond acceptors (Lipinski definition) is 7. The Hall–Kier alpha value is -3.90. The molecule has 0 saturated carbocycles. The van der Waals surface area contributed by atoms with Crippen molar-refractivity contribution in [3.63, 3.8) is 0 Å². The number of anilines is 1. The van der Waals surface area contributed by atoms with E-state index < -0.39 is 17.4 Å². The maximum Gasteiger partial charge on any atom is 0.262 e. The van der Waals surface area contributed by atoms with Gasteiger partial charge in [-0.1, -0.05) is 23.9 Å². The van der Waals surface area contributed by atoms with E-state index in [1.807, 2.05) is 0 Å². The van der Waals surface area contributed by atoms with Gasteiger partial charge >= 0.3 is 0 Å². The SMILES string of the molecule is N#Cc1cccnc1Sc1ccccc1-n1c(N)c2c(cc1=O)C(=O)NC2=O. The van der Waals surface area contributed by atoms with Crippen LogP contribution >= 0.6 is 11.8 Å². The third kappa shape index (κ3) is 2.72.